The van der Waals surface area contributed by atoms with E-state index in [-0.39, 0.29) is 5.69 Å². The van der Waals surface area contributed by atoms with Crippen LogP contribution in [0.4, 0.5) is 5.69 Å². The maximum atomic E-state index is 11.2. The van der Waals surface area contributed by atoms with Crippen molar-refractivity contribution >= 4 is 28.6 Å². The van der Waals surface area contributed by atoms with Gasteiger partial charge >= 0.3 is 0 Å². The van der Waals surface area contributed by atoms with Gasteiger partial charge in [0, 0.05) is 11.6 Å². The number of rotatable bonds is 4. The van der Waals surface area contributed by atoms with Crippen LogP contribution in [-0.2, 0) is 0 Å². The second kappa shape index (κ2) is 6.70. The number of nitro groups is 1. The van der Waals surface area contributed by atoms with Crippen LogP contribution in [0.3, 0.4) is 0 Å². The molecule has 0 bridgehead atoms. The fourth-order valence-corrected chi connectivity index (χ4v) is 3.63. The molecule has 0 saturated heterocycles. The summed E-state index contributed by atoms with van der Waals surface area (Å²) in [4.78, 5) is 10.8. The summed E-state index contributed by atoms with van der Waals surface area (Å²) in [6.07, 6.45) is 0. The number of furan rings is 1. The lowest BCUT2D eigenvalue weighted by Gasteiger charge is -1.98. The summed E-state index contributed by atoms with van der Waals surface area (Å²) in [7, 11) is 0. The molecular weight excluding hydrogens is 374 g/mol. The molecule has 2 aromatic carbocycles. The van der Waals surface area contributed by atoms with E-state index in [1.54, 1.807) is 36.4 Å². The second-order valence-corrected chi connectivity index (χ2v) is 6.72. The first-order chi connectivity index (χ1) is 12.6. The lowest BCUT2D eigenvalue weighted by Crippen LogP contribution is -1.90. The third-order valence-electron chi connectivity index (χ3n) is 3.71. The van der Waals surface area contributed by atoms with E-state index in [9.17, 15) is 10.1 Å². The third kappa shape index (κ3) is 2.98. The first kappa shape index (κ1) is 16.4. The maximum Gasteiger partial charge on any atom is 0.280 e. The highest BCUT2D eigenvalue weighted by Crippen LogP contribution is 2.37. The van der Waals surface area contributed by atoms with Gasteiger partial charge in [0.2, 0.25) is 0 Å². The molecule has 0 aliphatic carbocycles. The van der Waals surface area contributed by atoms with Crippen molar-refractivity contribution in [1.29, 1.82) is 0 Å². The molecule has 0 aliphatic heterocycles. The van der Waals surface area contributed by atoms with E-state index in [4.69, 9.17) is 16.0 Å². The largest absolute Gasteiger partial charge is 0.453 e. The molecular formula is C18H10ClN3O3S. The minimum absolute atomic E-state index is 0.0116. The zero-order chi connectivity index (χ0) is 18.1. The van der Waals surface area contributed by atoms with Crippen molar-refractivity contribution in [3.63, 3.8) is 0 Å². The van der Waals surface area contributed by atoms with E-state index in [0.29, 0.717) is 32.1 Å². The van der Waals surface area contributed by atoms with Crippen LogP contribution < -0.4 is 0 Å². The van der Waals surface area contributed by atoms with E-state index >= 15 is 0 Å². The van der Waals surface area contributed by atoms with E-state index in [2.05, 4.69) is 10.2 Å². The van der Waals surface area contributed by atoms with Gasteiger partial charge in [-0.25, -0.2) is 0 Å². The van der Waals surface area contributed by atoms with E-state index in [1.165, 1.54) is 17.4 Å². The van der Waals surface area contributed by atoms with Crippen molar-refractivity contribution in [3.05, 3.63) is 75.8 Å². The molecule has 0 amide bonds. The Morgan fingerprint density at radius 1 is 0.885 bits per heavy atom. The van der Waals surface area contributed by atoms with Crippen molar-refractivity contribution in [3.8, 4) is 32.7 Å². The summed E-state index contributed by atoms with van der Waals surface area (Å²) in [5.41, 5.74) is 1.20. The summed E-state index contributed by atoms with van der Waals surface area (Å²) in [5.74, 6) is 0.899. The number of hydrogen-bond donors (Lipinski definition) is 0. The Morgan fingerprint density at radius 2 is 1.54 bits per heavy atom. The lowest BCUT2D eigenvalue weighted by molar-refractivity contribution is -0.384. The maximum absolute atomic E-state index is 11.2. The van der Waals surface area contributed by atoms with Crippen LogP contribution in [0.5, 0.6) is 0 Å². The second-order valence-electron chi connectivity index (χ2n) is 5.33. The number of nitrogens with zero attached hydrogens (tertiary/aromatic N) is 3. The fourth-order valence-electron chi connectivity index (χ4n) is 2.51. The molecule has 2 heterocycles. The molecule has 0 unspecified atom stereocenters. The monoisotopic (exact) mass is 383 g/mol. The average molecular weight is 384 g/mol. The summed E-state index contributed by atoms with van der Waals surface area (Å²) in [6, 6.07) is 17.2. The zero-order valence-electron chi connectivity index (χ0n) is 13.1. The smallest absolute Gasteiger partial charge is 0.280 e. The molecule has 128 valence electrons. The zero-order valence-corrected chi connectivity index (χ0v) is 14.7. The molecule has 8 heteroatoms. The fraction of sp³-hybridized carbons (Fsp3) is 0. The normalized spacial score (nSPS) is 10.8. The first-order valence-corrected chi connectivity index (χ1v) is 8.75. The van der Waals surface area contributed by atoms with Crippen LogP contribution in [0, 0.1) is 10.1 Å². The summed E-state index contributed by atoms with van der Waals surface area (Å²) < 4.78 is 5.80. The van der Waals surface area contributed by atoms with Crippen LogP contribution in [0.2, 0.25) is 5.02 Å². The van der Waals surface area contributed by atoms with Gasteiger partial charge in [-0.3, -0.25) is 10.1 Å². The van der Waals surface area contributed by atoms with E-state index in [1.807, 2.05) is 18.2 Å². The predicted molar refractivity (Wildman–Crippen MR) is 100 cm³/mol. The van der Waals surface area contributed by atoms with Gasteiger partial charge in [0.05, 0.1) is 15.5 Å². The lowest BCUT2D eigenvalue weighted by atomic mass is 10.1. The Labute approximate surface area is 156 Å². The van der Waals surface area contributed by atoms with Crippen molar-refractivity contribution in [2.75, 3.05) is 0 Å². The summed E-state index contributed by atoms with van der Waals surface area (Å²) in [6.45, 7) is 0. The Morgan fingerprint density at radius 3 is 2.31 bits per heavy atom. The number of aromatic nitrogens is 2. The topological polar surface area (TPSA) is 82.1 Å². The van der Waals surface area contributed by atoms with Crippen LogP contribution in [0.1, 0.15) is 0 Å². The Balaban J connectivity index is 1.70. The molecule has 26 heavy (non-hydrogen) atoms. The highest BCUT2D eigenvalue weighted by Gasteiger charge is 2.19. The summed E-state index contributed by atoms with van der Waals surface area (Å²) >= 11 is 7.53. The van der Waals surface area contributed by atoms with Gasteiger partial charge in [-0.05, 0) is 24.3 Å². The van der Waals surface area contributed by atoms with E-state index < -0.39 is 4.92 Å². The van der Waals surface area contributed by atoms with Crippen LogP contribution in [-0.4, -0.2) is 15.1 Å². The average Bonchev–Trinajstić information content (AvgIpc) is 3.31. The molecule has 2 aromatic heterocycles. The number of hydrogen-bond acceptors (Lipinski definition) is 6. The quantitative estimate of drug-likeness (QED) is 0.333. The van der Waals surface area contributed by atoms with E-state index in [0.717, 1.165) is 5.56 Å². The first-order valence-electron chi connectivity index (χ1n) is 7.56. The number of halogens is 1. The third-order valence-corrected chi connectivity index (χ3v) is 5.01. The number of nitro benzene ring substituents is 1. The Kier molecular flexibility index (Phi) is 4.24. The van der Waals surface area contributed by atoms with Crippen LogP contribution in [0.25, 0.3) is 32.7 Å². The van der Waals surface area contributed by atoms with Crippen molar-refractivity contribution in [2.45, 2.75) is 0 Å². The van der Waals surface area contributed by atoms with Crippen molar-refractivity contribution < 1.29 is 9.34 Å². The van der Waals surface area contributed by atoms with Gasteiger partial charge in [0.15, 0.2) is 10.8 Å². The van der Waals surface area contributed by atoms with Crippen LogP contribution >= 0.6 is 22.9 Å². The minimum Gasteiger partial charge on any atom is -0.453 e. The standard InChI is InChI=1S/C18H10ClN3O3S/c19-13-7-3-1-5-11(13)17-20-21-18(26-17)16-10-9-15(25-16)12-6-2-4-8-14(12)22(23)24/h1-10H. The van der Waals surface area contributed by atoms with Crippen molar-refractivity contribution in [1.82, 2.24) is 10.2 Å². The van der Waals surface area contributed by atoms with Gasteiger partial charge < -0.3 is 4.42 Å². The molecule has 0 radical (unpaired) electrons. The molecule has 0 fully saturated rings. The molecule has 0 aliphatic rings. The summed E-state index contributed by atoms with van der Waals surface area (Å²) in [5, 5.41) is 21.4. The molecule has 6 nitrogen and oxygen atoms in total. The Hall–Kier alpha value is -3.03. The van der Waals surface area contributed by atoms with Gasteiger partial charge in [0.25, 0.3) is 5.69 Å². The highest BCUT2D eigenvalue weighted by atomic mass is 35.5. The number of benzene rings is 2. The SMILES string of the molecule is O=[N+]([O-])c1ccccc1-c1ccc(-c2nnc(-c3ccccc3Cl)s2)o1. The van der Waals surface area contributed by atoms with Gasteiger partial charge in [-0.1, -0.05) is 53.3 Å². The van der Waals surface area contributed by atoms with Gasteiger partial charge in [0.1, 0.15) is 10.8 Å². The molecule has 0 atom stereocenters. The molecule has 0 N–H and O–H groups in total. The molecule has 0 saturated carbocycles. The molecule has 0 spiro atoms. The Bertz CT molecular complexity index is 1110. The van der Waals surface area contributed by atoms with Crippen molar-refractivity contribution in [2.24, 2.45) is 0 Å². The molecule has 4 aromatic rings. The number of para-hydroxylation sites is 1. The van der Waals surface area contributed by atoms with Gasteiger partial charge in [-0.15, -0.1) is 10.2 Å². The minimum atomic E-state index is -0.433. The molecule has 4 rings (SSSR count). The highest BCUT2D eigenvalue weighted by molar-refractivity contribution is 7.17. The van der Waals surface area contributed by atoms with Gasteiger partial charge in [-0.2, -0.15) is 0 Å². The predicted octanol–water partition coefficient (Wildman–Crippen LogP) is 5.69. The van der Waals surface area contributed by atoms with Crippen LogP contribution in [0.15, 0.2) is 65.1 Å².